The SMILES string of the molecule is CO.[Fe].[Fe]. The van der Waals surface area contributed by atoms with E-state index in [1.807, 2.05) is 0 Å². The Kier molecular flexibility index (Phi) is 180. The number of aliphatic hydroxyl groups is 1. The van der Waals surface area contributed by atoms with Crippen LogP contribution in [0.2, 0.25) is 0 Å². The van der Waals surface area contributed by atoms with Gasteiger partial charge in [-0.15, -0.1) is 0 Å². The first-order chi connectivity index (χ1) is 1.00. The van der Waals surface area contributed by atoms with Crippen LogP contribution in [0.25, 0.3) is 0 Å². The maximum absolute atomic E-state index is 7.00. The molecule has 0 aliphatic carbocycles. The Balaban J connectivity index is -0.00000000500. The molecule has 0 atom stereocenters. The monoisotopic (exact) mass is 144 g/mol. The summed E-state index contributed by atoms with van der Waals surface area (Å²) in [5, 5.41) is 7.00. The standard InChI is InChI=1S/CH4O.2Fe/c1-2;;/h2H,1H3;;. The smallest absolute Gasteiger partial charge is 0.0319 e. The molecule has 0 heterocycles. The molecule has 0 saturated heterocycles. The molecule has 0 aromatic carbocycles. The third-order valence-electron chi connectivity index (χ3n) is 0. The number of rotatable bonds is 0. The minimum Gasteiger partial charge on any atom is -0.400 e. The van der Waals surface area contributed by atoms with Crippen molar-refractivity contribution in [1.82, 2.24) is 0 Å². The average Bonchev–Trinajstić information content (AvgIpc) is 1.00. The van der Waals surface area contributed by atoms with Crippen LogP contribution in [-0.2, 0) is 34.1 Å². The van der Waals surface area contributed by atoms with E-state index in [-0.39, 0.29) is 34.1 Å². The van der Waals surface area contributed by atoms with Crippen molar-refractivity contribution in [2.24, 2.45) is 0 Å². The molecular formula is CH4Fe2O. The van der Waals surface area contributed by atoms with Gasteiger partial charge in [0.25, 0.3) is 0 Å². The number of aliphatic hydroxyl groups excluding tert-OH is 1. The predicted molar refractivity (Wildman–Crippen MR) is 8.14 cm³/mol. The molecule has 0 aliphatic heterocycles. The van der Waals surface area contributed by atoms with E-state index in [2.05, 4.69) is 0 Å². The predicted octanol–water partition coefficient (Wildman–Crippen LogP) is -0.397. The molecule has 1 N–H and O–H groups in total. The fourth-order valence-corrected chi connectivity index (χ4v) is 0. The third-order valence-corrected chi connectivity index (χ3v) is 0. The molecule has 0 unspecified atom stereocenters. The van der Waals surface area contributed by atoms with E-state index in [9.17, 15) is 0 Å². The fraction of sp³-hybridized carbons (Fsp3) is 1.00. The van der Waals surface area contributed by atoms with Gasteiger partial charge in [0.2, 0.25) is 0 Å². The van der Waals surface area contributed by atoms with Crippen molar-refractivity contribution in [2.45, 2.75) is 0 Å². The summed E-state index contributed by atoms with van der Waals surface area (Å²) in [4.78, 5) is 0. The molecule has 0 aromatic heterocycles. The summed E-state index contributed by atoms with van der Waals surface area (Å²) in [6.45, 7) is 0. The summed E-state index contributed by atoms with van der Waals surface area (Å²) >= 11 is 0. The van der Waals surface area contributed by atoms with E-state index >= 15 is 0 Å². The van der Waals surface area contributed by atoms with Crippen LogP contribution in [0.5, 0.6) is 0 Å². The first kappa shape index (κ1) is 20.0. The van der Waals surface area contributed by atoms with Crippen LogP contribution in [0, 0.1) is 0 Å². The molecule has 30 valence electrons. The Morgan fingerprint density at radius 1 is 1.00 bits per heavy atom. The van der Waals surface area contributed by atoms with Crippen molar-refractivity contribution in [1.29, 1.82) is 0 Å². The van der Waals surface area contributed by atoms with E-state index < -0.39 is 0 Å². The van der Waals surface area contributed by atoms with Gasteiger partial charge in [0.1, 0.15) is 0 Å². The van der Waals surface area contributed by atoms with Crippen LogP contribution in [0.1, 0.15) is 0 Å². The molecule has 0 bridgehead atoms. The van der Waals surface area contributed by atoms with Crippen molar-refractivity contribution in [3.63, 3.8) is 0 Å². The summed E-state index contributed by atoms with van der Waals surface area (Å²) in [5.74, 6) is 0. The molecule has 0 radical (unpaired) electrons. The zero-order valence-electron chi connectivity index (χ0n) is 2.15. The normalized spacial score (nSPS) is 1.50. The second-order valence-electron chi connectivity index (χ2n) is 0. The Labute approximate surface area is 46.7 Å². The van der Waals surface area contributed by atoms with Crippen molar-refractivity contribution in [2.75, 3.05) is 7.11 Å². The zero-order valence-corrected chi connectivity index (χ0v) is 4.36. The molecule has 0 amide bonds. The molecule has 0 spiro atoms. The van der Waals surface area contributed by atoms with E-state index in [1.54, 1.807) is 0 Å². The summed E-state index contributed by atoms with van der Waals surface area (Å²) in [7, 11) is 1.00. The Morgan fingerprint density at radius 2 is 1.00 bits per heavy atom. The third kappa shape index (κ3) is 12.0. The van der Waals surface area contributed by atoms with Crippen LogP contribution in [-0.4, -0.2) is 12.2 Å². The maximum Gasteiger partial charge on any atom is 0.0319 e. The molecule has 0 aliphatic rings. The first-order valence-electron chi connectivity index (χ1n) is 0.447. The van der Waals surface area contributed by atoms with Gasteiger partial charge >= 0.3 is 0 Å². The van der Waals surface area contributed by atoms with Crippen LogP contribution in [0.3, 0.4) is 0 Å². The van der Waals surface area contributed by atoms with Gasteiger partial charge in [0, 0.05) is 41.2 Å². The van der Waals surface area contributed by atoms with Gasteiger partial charge in [0.05, 0.1) is 0 Å². The molecule has 1 nitrogen and oxygen atoms in total. The van der Waals surface area contributed by atoms with Gasteiger partial charge in [-0.25, -0.2) is 0 Å². The second kappa shape index (κ2) is 36.0. The molecule has 0 fully saturated rings. The minimum absolute atomic E-state index is 0. The molecule has 4 heavy (non-hydrogen) atoms. The van der Waals surface area contributed by atoms with Gasteiger partial charge in [-0.2, -0.15) is 0 Å². The van der Waals surface area contributed by atoms with Crippen LogP contribution >= 0.6 is 0 Å². The Bertz CT molecular complexity index is 6.00. The molecular weight excluding hydrogens is 140 g/mol. The summed E-state index contributed by atoms with van der Waals surface area (Å²) in [6.07, 6.45) is 0. The van der Waals surface area contributed by atoms with Crippen LogP contribution in [0.15, 0.2) is 0 Å². The minimum atomic E-state index is 0. The number of hydrogen-bond donors (Lipinski definition) is 1. The summed E-state index contributed by atoms with van der Waals surface area (Å²) < 4.78 is 0. The zero-order chi connectivity index (χ0) is 2.00. The van der Waals surface area contributed by atoms with Gasteiger partial charge < -0.3 is 5.11 Å². The molecule has 0 aromatic rings. The van der Waals surface area contributed by atoms with E-state index in [4.69, 9.17) is 5.11 Å². The fourth-order valence-electron chi connectivity index (χ4n) is 0. The largest absolute Gasteiger partial charge is 0.400 e. The van der Waals surface area contributed by atoms with E-state index in [1.165, 1.54) is 0 Å². The van der Waals surface area contributed by atoms with E-state index in [0.29, 0.717) is 0 Å². The van der Waals surface area contributed by atoms with Crippen molar-refractivity contribution in [3.8, 4) is 0 Å². The van der Waals surface area contributed by atoms with Crippen LogP contribution < -0.4 is 0 Å². The summed E-state index contributed by atoms with van der Waals surface area (Å²) in [6, 6.07) is 0. The molecule has 0 rings (SSSR count). The van der Waals surface area contributed by atoms with Crippen molar-refractivity contribution < 1.29 is 39.2 Å². The molecule has 0 saturated carbocycles. The topological polar surface area (TPSA) is 20.2 Å². The van der Waals surface area contributed by atoms with Gasteiger partial charge in [0.15, 0.2) is 0 Å². The second-order valence-corrected chi connectivity index (χ2v) is 0. The average molecular weight is 144 g/mol. The van der Waals surface area contributed by atoms with Crippen molar-refractivity contribution in [3.05, 3.63) is 0 Å². The summed E-state index contributed by atoms with van der Waals surface area (Å²) in [5.41, 5.74) is 0. The number of hydrogen-bond acceptors (Lipinski definition) is 1. The maximum atomic E-state index is 7.00. The molecule has 3 heteroatoms. The Hall–Kier alpha value is 0.999. The van der Waals surface area contributed by atoms with Gasteiger partial charge in [-0.3, -0.25) is 0 Å². The van der Waals surface area contributed by atoms with Gasteiger partial charge in [-0.05, 0) is 0 Å². The van der Waals surface area contributed by atoms with Crippen molar-refractivity contribution >= 4 is 0 Å². The Morgan fingerprint density at radius 3 is 1.00 bits per heavy atom. The van der Waals surface area contributed by atoms with Crippen LogP contribution in [0.4, 0.5) is 0 Å². The van der Waals surface area contributed by atoms with Gasteiger partial charge in [-0.1, -0.05) is 0 Å². The first-order valence-corrected chi connectivity index (χ1v) is 0.447. The van der Waals surface area contributed by atoms with E-state index in [0.717, 1.165) is 7.11 Å². The quantitative estimate of drug-likeness (QED) is 0.458.